The van der Waals surface area contributed by atoms with Crippen LogP contribution in [0.3, 0.4) is 0 Å². The van der Waals surface area contributed by atoms with Crippen LogP contribution in [0, 0.1) is 17.2 Å². The van der Waals surface area contributed by atoms with Gasteiger partial charge in [0.2, 0.25) is 0 Å². The first kappa shape index (κ1) is 8.64. The standard InChI is InChI=1S/C11H7NO2/c12-5-7-2-1-3-9-10(7)4-8(6-13)11(9)14/h1-3,6,8H,4H2. The third kappa shape index (κ3) is 1.05. The van der Waals surface area contributed by atoms with E-state index in [-0.39, 0.29) is 5.78 Å². The van der Waals surface area contributed by atoms with Gasteiger partial charge in [0.05, 0.1) is 17.6 Å². The van der Waals surface area contributed by atoms with Crippen molar-refractivity contribution >= 4 is 12.1 Å². The minimum atomic E-state index is -0.584. The summed E-state index contributed by atoms with van der Waals surface area (Å²) in [6.45, 7) is 0. The zero-order chi connectivity index (χ0) is 10.1. The van der Waals surface area contributed by atoms with Crippen LogP contribution in [0.5, 0.6) is 0 Å². The lowest BCUT2D eigenvalue weighted by Crippen LogP contribution is -2.09. The van der Waals surface area contributed by atoms with Crippen molar-refractivity contribution in [2.75, 3.05) is 0 Å². The van der Waals surface area contributed by atoms with Crippen LogP contribution in [0.2, 0.25) is 0 Å². The monoisotopic (exact) mass is 185 g/mol. The lowest BCUT2D eigenvalue weighted by molar-refractivity contribution is -0.109. The van der Waals surface area contributed by atoms with E-state index in [0.29, 0.717) is 23.8 Å². The van der Waals surface area contributed by atoms with Crippen molar-refractivity contribution in [2.45, 2.75) is 6.42 Å². The van der Waals surface area contributed by atoms with Gasteiger partial charge in [-0.15, -0.1) is 0 Å². The molecule has 0 saturated heterocycles. The second-order valence-electron chi connectivity index (χ2n) is 3.25. The minimum absolute atomic E-state index is 0.160. The van der Waals surface area contributed by atoms with Gasteiger partial charge < -0.3 is 4.79 Å². The summed E-state index contributed by atoms with van der Waals surface area (Å²) < 4.78 is 0. The highest BCUT2D eigenvalue weighted by Gasteiger charge is 2.31. The van der Waals surface area contributed by atoms with Crippen LogP contribution in [0.4, 0.5) is 0 Å². The van der Waals surface area contributed by atoms with Crippen molar-refractivity contribution in [1.29, 1.82) is 5.26 Å². The maximum absolute atomic E-state index is 11.6. The SMILES string of the molecule is N#Cc1cccc2c1CC(C=O)C2=O. The fraction of sp³-hybridized carbons (Fsp3) is 0.182. The number of Topliss-reactive ketones (excluding diaryl/α,β-unsaturated/α-hetero) is 1. The Hall–Kier alpha value is -1.95. The van der Waals surface area contributed by atoms with Crippen molar-refractivity contribution < 1.29 is 9.59 Å². The molecule has 0 N–H and O–H groups in total. The summed E-state index contributed by atoms with van der Waals surface area (Å²) in [4.78, 5) is 22.1. The molecule has 3 heteroatoms. The largest absolute Gasteiger partial charge is 0.303 e. The van der Waals surface area contributed by atoms with Gasteiger partial charge in [0.25, 0.3) is 0 Å². The molecule has 0 spiro atoms. The van der Waals surface area contributed by atoms with Gasteiger partial charge in [-0.25, -0.2) is 0 Å². The minimum Gasteiger partial charge on any atom is -0.303 e. The molecular weight excluding hydrogens is 178 g/mol. The highest BCUT2D eigenvalue weighted by atomic mass is 16.1. The van der Waals surface area contributed by atoms with Crippen LogP contribution in [0.15, 0.2) is 18.2 Å². The van der Waals surface area contributed by atoms with Gasteiger partial charge >= 0.3 is 0 Å². The molecule has 1 aliphatic carbocycles. The Morgan fingerprint density at radius 1 is 1.50 bits per heavy atom. The summed E-state index contributed by atoms with van der Waals surface area (Å²) in [5.41, 5.74) is 1.75. The first-order valence-corrected chi connectivity index (χ1v) is 4.29. The number of fused-ring (bicyclic) bond motifs is 1. The van der Waals surface area contributed by atoms with E-state index in [1.54, 1.807) is 18.2 Å². The summed E-state index contributed by atoms with van der Waals surface area (Å²) in [6, 6.07) is 7.03. The van der Waals surface area contributed by atoms with E-state index < -0.39 is 5.92 Å². The lowest BCUT2D eigenvalue weighted by Gasteiger charge is -1.97. The number of nitriles is 1. The van der Waals surface area contributed by atoms with Gasteiger partial charge in [0.1, 0.15) is 6.29 Å². The third-order valence-electron chi connectivity index (χ3n) is 2.49. The number of benzene rings is 1. The van der Waals surface area contributed by atoms with E-state index >= 15 is 0 Å². The van der Waals surface area contributed by atoms with Crippen molar-refractivity contribution in [3.05, 3.63) is 34.9 Å². The van der Waals surface area contributed by atoms with Crippen molar-refractivity contribution in [2.24, 2.45) is 5.92 Å². The van der Waals surface area contributed by atoms with Crippen molar-refractivity contribution in [1.82, 2.24) is 0 Å². The van der Waals surface area contributed by atoms with Crippen molar-refractivity contribution in [3.63, 3.8) is 0 Å². The molecule has 0 aliphatic heterocycles. The summed E-state index contributed by atoms with van der Waals surface area (Å²) in [6.07, 6.45) is 1.03. The quantitative estimate of drug-likeness (QED) is 0.486. The number of carbonyl (C=O) groups is 2. The smallest absolute Gasteiger partial charge is 0.173 e. The Kier molecular flexibility index (Phi) is 1.90. The Labute approximate surface area is 81.0 Å². The van der Waals surface area contributed by atoms with Gasteiger partial charge in [-0.2, -0.15) is 5.26 Å². The maximum Gasteiger partial charge on any atom is 0.173 e. The van der Waals surface area contributed by atoms with Crippen LogP contribution in [-0.4, -0.2) is 12.1 Å². The maximum atomic E-state index is 11.6. The van der Waals surface area contributed by atoms with Crippen LogP contribution >= 0.6 is 0 Å². The Morgan fingerprint density at radius 2 is 2.29 bits per heavy atom. The van der Waals surface area contributed by atoms with E-state index in [1.807, 2.05) is 6.07 Å². The first-order chi connectivity index (χ1) is 6.77. The van der Waals surface area contributed by atoms with Crippen LogP contribution in [-0.2, 0) is 11.2 Å². The molecular formula is C11H7NO2. The number of carbonyl (C=O) groups excluding carboxylic acids is 2. The zero-order valence-electron chi connectivity index (χ0n) is 7.36. The number of rotatable bonds is 1. The molecule has 0 radical (unpaired) electrons. The molecule has 1 aromatic carbocycles. The van der Waals surface area contributed by atoms with Gasteiger partial charge in [-0.05, 0) is 18.1 Å². The second kappa shape index (κ2) is 3.08. The molecule has 1 unspecified atom stereocenters. The highest BCUT2D eigenvalue weighted by molar-refractivity contribution is 6.09. The number of ketones is 1. The van der Waals surface area contributed by atoms with Crippen LogP contribution in [0.1, 0.15) is 21.5 Å². The van der Waals surface area contributed by atoms with Crippen LogP contribution < -0.4 is 0 Å². The molecule has 68 valence electrons. The second-order valence-corrected chi connectivity index (χ2v) is 3.25. The van der Waals surface area contributed by atoms with Crippen LogP contribution in [0.25, 0.3) is 0 Å². The van der Waals surface area contributed by atoms with Gasteiger partial charge in [0, 0.05) is 5.56 Å². The lowest BCUT2D eigenvalue weighted by atomic mass is 10.0. The summed E-state index contributed by atoms with van der Waals surface area (Å²) in [5, 5.41) is 8.80. The molecule has 0 bridgehead atoms. The number of hydrogen-bond donors (Lipinski definition) is 0. The van der Waals surface area contributed by atoms with Gasteiger partial charge in [-0.1, -0.05) is 12.1 Å². The first-order valence-electron chi connectivity index (χ1n) is 4.29. The van der Waals surface area contributed by atoms with E-state index in [0.717, 1.165) is 5.56 Å². The third-order valence-corrected chi connectivity index (χ3v) is 2.49. The summed E-state index contributed by atoms with van der Waals surface area (Å²) in [5.74, 6) is -0.744. The summed E-state index contributed by atoms with van der Waals surface area (Å²) in [7, 11) is 0. The predicted octanol–water partition coefficient (Wildman–Crippen LogP) is 1.11. The molecule has 0 heterocycles. The fourth-order valence-corrected chi connectivity index (χ4v) is 1.76. The highest BCUT2D eigenvalue weighted by Crippen LogP contribution is 2.27. The van der Waals surface area contributed by atoms with E-state index in [9.17, 15) is 9.59 Å². The summed E-state index contributed by atoms with van der Waals surface area (Å²) >= 11 is 0. The average Bonchev–Trinajstić information content (AvgIpc) is 2.55. The molecule has 0 amide bonds. The number of nitrogens with zero attached hydrogens (tertiary/aromatic N) is 1. The number of hydrogen-bond acceptors (Lipinski definition) is 3. The molecule has 0 saturated carbocycles. The van der Waals surface area contributed by atoms with Crippen molar-refractivity contribution in [3.8, 4) is 6.07 Å². The molecule has 1 aromatic rings. The Balaban J connectivity index is 2.59. The van der Waals surface area contributed by atoms with Gasteiger partial charge in [-0.3, -0.25) is 4.79 Å². The molecule has 2 rings (SSSR count). The van der Waals surface area contributed by atoms with Gasteiger partial charge in [0.15, 0.2) is 5.78 Å². The molecule has 0 fully saturated rings. The molecule has 14 heavy (non-hydrogen) atoms. The molecule has 1 aliphatic rings. The topological polar surface area (TPSA) is 57.9 Å². The van der Waals surface area contributed by atoms with E-state index in [4.69, 9.17) is 5.26 Å². The molecule has 0 aromatic heterocycles. The fourth-order valence-electron chi connectivity index (χ4n) is 1.76. The Bertz CT molecular complexity index is 457. The zero-order valence-corrected chi connectivity index (χ0v) is 7.36. The molecule has 3 nitrogen and oxygen atoms in total. The predicted molar refractivity (Wildman–Crippen MR) is 48.7 cm³/mol. The Morgan fingerprint density at radius 3 is 2.93 bits per heavy atom. The number of aldehydes is 1. The average molecular weight is 185 g/mol. The molecule has 1 atom stereocenters. The van der Waals surface area contributed by atoms with E-state index in [2.05, 4.69) is 0 Å². The normalized spacial score (nSPS) is 18.8. The van der Waals surface area contributed by atoms with E-state index in [1.165, 1.54) is 0 Å².